The van der Waals surface area contributed by atoms with Crippen LogP contribution in [0.3, 0.4) is 0 Å². The number of benzene rings is 1. The van der Waals surface area contributed by atoms with Gasteiger partial charge in [0, 0.05) is 44.1 Å². The molecule has 1 aliphatic heterocycles. The monoisotopic (exact) mass is 316 g/mol. The topological polar surface area (TPSA) is 47.6 Å². The minimum absolute atomic E-state index is 0.0933. The third-order valence-corrected chi connectivity index (χ3v) is 5.02. The first-order valence-electron chi connectivity index (χ1n) is 8.79. The second kappa shape index (κ2) is 7.68. The molecule has 23 heavy (non-hydrogen) atoms. The van der Waals surface area contributed by atoms with Gasteiger partial charge in [0.05, 0.1) is 0 Å². The third-order valence-electron chi connectivity index (χ3n) is 5.02. The zero-order chi connectivity index (χ0) is 16.1. The van der Waals surface area contributed by atoms with Gasteiger partial charge in [-0.2, -0.15) is 0 Å². The van der Waals surface area contributed by atoms with Crippen LogP contribution in [0.1, 0.15) is 25.7 Å². The Morgan fingerprint density at radius 3 is 2.39 bits per heavy atom. The van der Waals surface area contributed by atoms with Crippen molar-refractivity contribution in [1.29, 1.82) is 0 Å². The highest BCUT2D eigenvalue weighted by atomic mass is 16.2. The Balaban J connectivity index is 1.46. The van der Waals surface area contributed by atoms with Gasteiger partial charge in [0.1, 0.15) is 0 Å². The Hall–Kier alpha value is -1.75. The summed E-state index contributed by atoms with van der Waals surface area (Å²) in [5.74, 6) is 0.667. The third kappa shape index (κ3) is 4.61. The van der Waals surface area contributed by atoms with E-state index in [1.165, 1.54) is 31.4 Å². The molecule has 0 spiro atoms. The Morgan fingerprint density at radius 2 is 1.74 bits per heavy atom. The number of carbonyl (C=O) groups excluding carboxylic acids is 1. The number of carbonyl (C=O) groups is 1. The summed E-state index contributed by atoms with van der Waals surface area (Å²) in [5.41, 5.74) is 2.09. The number of nitrogens with one attached hydrogen (secondary N) is 2. The Labute approximate surface area is 139 Å². The maximum Gasteiger partial charge on any atom is 0.319 e. The van der Waals surface area contributed by atoms with Crippen LogP contribution >= 0.6 is 0 Å². The number of likely N-dealkylation sites (N-methyl/N-ethyl adjacent to an activating group) is 1. The van der Waals surface area contributed by atoms with E-state index in [9.17, 15) is 4.79 Å². The first kappa shape index (κ1) is 16.1. The predicted octanol–water partition coefficient (Wildman–Crippen LogP) is 2.75. The van der Waals surface area contributed by atoms with E-state index in [1.807, 2.05) is 12.1 Å². The normalized spacial score (nSPS) is 19.8. The minimum Gasteiger partial charge on any atom is -0.369 e. The summed E-state index contributed by atoms with van der Waals surface area (Å²) in [7, 11) is 2.16. The van der Waals surface area contributed by atoms with Gasteiger partial charge in [0.15, 0.2) is 0 Å². The molecule has 5 heteroatoms. The molecule has 3 rings (SSSR count). The average molecular weight is 316 g/mol. The number of anilines is 2. The fraction of sp³-hybridized carbons (Fsp3) is 0.611. The summed E-state index contributed by atoms with van der Waals surface area (Å²) >= 11 is 0. The highest BCUT2D eigenvalue weighted by molar-refractivity contribution is 5.89. The van der Waals surface area contributed by atoms with Crippen molar-refractivity contribution < 1.29 is 4.79 Å². The largest absolute Gasteiger partial charge is 0.369 e. The summed E-state index contributed by atoms with van der Waals surface area (Å²) in [6, 6.07) is 8.07. The van der Waals surface area contributed by atoms with Crippen LogP contribution in [0.2, 0.25) is 0 Å². The van der Waals surface area contributed by atoms with E-state index in [0.717, 1.165) is 38.4 Å². The zero-order valence-electron chi connectivity index (χ0n) is 14.1. The van der Waals surface area contributed by atoms with Crippen LogP contribution in [-0.2, 0) is 0 Å². The van der Waals surface area contributed by atoms with Gasteiger partial charge in [-0.1, -0.05) is 12.8 Å². The molecule has 1 heterocycles. The lowest BCUT2D eigenvalue weighted by Crippen LogP contribution is -2.44. The van der Waals surface area contributed by atoms with Crippen molar-refractivity contribution in [3.8, 4) is 0 Å². The molecule has 0 bridgehead atoms. The molecule has 2 N–H and O–H groups in total. The van der Waals surface area contributed by atoms with Crippen molar-refractivity contribution in [2.24, 2.45) is 5.92 Å². The van der Waals surface area contributed by atoms with Crippen LogP contribution in [-0.4, -0.2) is 50.7 Å². The van der Waals surface area contributed by atoms with E-state index in [4.69, 9.17) is 0 Å². The Morgan fingerprint density at radius 1 is 1.09 bits per heavy atom. The van der Waals surface area contributed by atoms with E-state index in [1.54, 1.807) is 0 Å². The highest BCUT2D eigenvalue weighted by Crippen LogP contribution is 2.24. The van der Waals surface area contributed by atoms with Crippen LogP contribution in [0, 0.1) is 5.92 Å². The second-order valence-electron chi connectivity index (χ2n) is 6.82. The molecule has 2 fully saturated rings. The van der Waals surface area contributed by atoms with Crippen LogP contribution in [0.4, 0.5) is 16.2 Å². The molecule has 1 aliphatic carbocycles. The standard InChI is InChI=1S/C18H28N4O/c1-21-10-12-22(13-11-21)17-8-6-16(7-9-17)20-18(23)19-14-15-4-2-3-5-15/h6-9,15H,2-5,10-14H2,1H3,(H2,19,20,23). The van der Waals surface area contributed by atoms with Crippen molar-refractivity contribution >= 4 is 17.4 Å². The SMILES string of the molecule is CN1CCN(c2ccc(NC(=O)NCC3CCCC3)cc2)CC1. The van der Waals surface area contributed by atoms with Crippen LogP contribution in [0.15, 0.2) is 24.3 Å². The van der Waals surface area contributed by atoms with Gasteiger partial charge in [0.2, 0.25) is 0 Å². The van der Waals surface area contributed by atoms with Crippen molar-refractivity contribution in [3.05, 3.63) is 24.3 Å². The number of urea groups is 1. The lowest BCUT2D eigenvalue weighted by molar-refractivity contribution is 0.250. The second-order valence-corrected chi connectivity index (χ2v) is 6.82. The first-order valence-corrected chi connectivity index (χ1v) is 8.79. The molecule has 0 atom stereocenters. The predicted molar refractivity (Wildman–Crippen MR) is 95.1 cm³/mol. The Kier molecular flexibility index (Phi) is 5.39. The minimum atomic E-state index is -0.0933. The number of rotatable bonds is 4. The lowest BCUT2D eigenvalue weighted by Gasteiger charge is -2.34. The smallest absolute Gasteiger partial charge is 0.319 e. The number of piperazine rings is 1. The highest BCUT2D eigenvalue weighted by Gasteiger charge is 2.16. The summed E-state index contributed by atoms with van der Waals surface area (Å²) in [6.07, 6.45) is 5.11. The van der Waals surface area contributed by atoms with Gasteiger partial charge >= 0.3 is 6.03 Å². The average Bonchev–Trinajstić information content (AvgIpc) is 3.08. The van der Waals surface area contributed by atoms with Gasteiger partial charge in [-0.05, 0) is 50.1 Å². The zero-order valence-corrected chi connectivity index (χ0v) is 14.1. The quantitative estimate of drug-likeness (QED) is 0.898. The Bertz CT molecular complexity index is 502. The molecule has 1 aromatic carbocycles. The van der Waals surface area contributed by atoms with E-state index in [-0.39, 0.29) is 6.03 Å². The van der Waals surface area contributed by atoms with Crippen LogP contribution in [0.25, 0.3) is 0 Å². The van der Waals surface area contributed by atoms with Crippen molar-refractivity contribution in [3.63, 3.8) is 0 Å². The number of hydrogen-bond acceptors (Lipinski definition) is 3. The molecule has 0 aromatic heterocycles. The van der Waals surface area contributed by atoms with E-state index in [0.29, 0.717) is 5.92 Å². The molecule has 0 radical (unpaired) electrons. The molecule has 1 saturated carbocycles. The van der Waals surface area contributed by atoms with Crippen LogP contribution in [0.5, 0.6) is 0 Å². The number of nitrogens with zero attached hydrogens (tertiary/aromatic N) is 2. The molecule has 2 amide bonds. The molecule has 2 aliphatic rings. The fourth-order valence-electron chi connectivity index (χ4n) is 3.45. The van der Waals surface area contributed by atoms with Crippen molar-refractivity contribution in [1.82, 2.24) is 10.2 Å². The summed E-state index contributed by atoms with van der Waals surface area (Å²) in [4.78, 5) is 16.7. The molecule has 5 nitrogen and oxygen atoms in total. The van der Waals surface area contributed by atoms with E-state index in [2.05, 4.69) is 39.6 Å². The molecular weight excluding hydrogens is 288 g/mol. The maximum atomic E-state index is 12.0. The van der Waals surface area contributed by atoms with Crippen molar-refractivity contribution in [2.75, 3.05) is 50.0 Å². The van der Waals surface area contributed by atoms with Gasteiger partial charge < -0.3 is 20.4 Å². The van der Waals surface area contributed by atoms with Gasteiger partial charge in [-0.3, -0.25) is 0 Å². The fourth-order valence-corrected chi connectivity index (χ4v) is 3.45. The van der Waals surface area contributed by atoms with Crippen molar-refractivity contribution in [2.45, 2.75) is 25.7 Å². The summed E-state index contributed by atoms with van der Waals surface area (Å²) in [6.45, 7) is 5.12. The lowest BCUT2D eigenvalue weighted by atomic mass is 10.1. The first-order chi connectivity index (χ1) is 11.2. The van der Waals surface area contributed by atoms with Gasteiger partial charge in [-0.15, -0.1) is 0 Å². The van der Waals surface area contributed by atoms with Gasteiger partial charge in [-0.25, -0.2) is 4.79 Å². The molecule has 126 valence electrons. The number of amides is 2. The van der Waals surface area contributed by atoms with E-state index >= 15 is 0 Å². The number of hydrogen-bond donors (Lipinski definition) is 2. The molecule has 1 aromatic rings. The maximum absolute atomic E-state index is 12.0. The molecular formula is C18H28N4O. The molecule has 0 unspecified atom stereocenters. The summed E-state index contributed by atoms with van der Waals surface area (Å²) in [5, 5.41) is 5.92. The van der Waals surface area contributed by atoms with Gasteiger partial charge in [0.25, 0.3) is 0 Å². The van der Waals surface area contributed by atoms with Crippen LogP contribution < -0.4 is 15.5 Å². The summed E-state index contributed by atoms with van der Waals surface area (Å²) < 4.78 is 0. The van der Waals surface area contributed by atoms with E-state index < -0.39 is 0 Å². The molecule has 1 saturated heterocycles.